The minimum absolute atomic E-state index is 0.0492. The van der Waals surface area contributed by atoms with Crippen molar-refractivity contribution in [2.75, 3.05) is 7.11 Å². The normalized spacial score (nSPS) is 19.9. The van der Waals surface area contributed by atoms with E-state index in [0.717, 1.165) is 43.0 Å². The Morgan fingerprint density at radius 3 is 2.41 bits per heavy atom. The Balaban J connectivity index is 1.27. The van der Waals surface area contributed by atoms with Crippen LogP contribution in [0.15, 0.2) is 35.6 Å². The summed E-state index contributed by atoms with van der Waals surface area (Å²) < 4.78 is 48.1. The van der Waals surface area contributed by atoms with Gasteiger partial charge in [-0.05, 0) is 50.5 Å². The number of aromatic nitrogens is 7. The number of ether oxygens (including phenoxy) is 1. The zero-order chi connectivity index (χ0) is 27.3. The number of aryl methyl sites for hydroxylation is 1. The lowest BCUT2D eigenvalue weighted by Gasteiger charge is -2.28. The lowest BCUT2D eigenvalue weighted by atomic mass is 9.81. The molecule has 4 heterocycles. The average molecular weight is 540 g/mol. The molecule has 4 aromatic heterocycles. The molecule has 0 saturated heterocycles. The molecule has 0 atom stereocenters. The van der Waals surface area contributed by atoms with E-state index in [1.165, 1.54) is 17.0 Å². The van der Waals surface area contributed by atoms with Crippen LogP contribution < -0.4 is 10.3 Å². The van der Waals surface area contributed by atoms with Gasteiger partial charge in [-0.1, -0.05) is 0 Å². The highest BCUT2D eigenvalue weighted by Gasteiger charge is 2.36. The third-order valence-corrected chi connectivity index (χ3v) is 7.80. The van der Waals surface area contributed by atoms with Gasteiger partial charge in [0.15, 0.2) is 11.5 Å². The number of pyridine rings is 1. The maximum atomic E-state index is 13.1. The molecule has 9 nitrogen and oxygen atoms in total. The largest absolute Gasteiger partial charge is 0.480 e. The molecule has 0 radical (unpaired) electrons. The Morgan fingerprint density at radius 2 is 1.74 bits per heavy atom. The number of hydrogen-bond acceptors (Lipinski definition) is 7. The quantitative estimate of drug-likeness (QED) is 0.345. The van der Waals surface area contributed by atoms with Gasteiger partial charge < -0.3 is 9.30 Å². The van der Waals surface area contributed by atoms with E-state index in [0.29, 0.717) is 54.0 Å². The summed E-state index contributed by atoms with van der Waals surface area (Å²) in [6.45, 7) is 0.464. The fourth-order valence-electron chi connectivity index (χ4n) is 5.64. The molecule has 0 aliphatic heterocycles. The number of rotatable bonds is 6. The molecule has 0 amide bonds. The van der Waals surface area contributed by atoms with Gasteiger partial charge in [-0.25, -0.2) is 24.9 Å². The molecule has 204 valence electrons. The van der Waals surface area contributed by atoms with E-state index in [-0.39, 0.29) is 17.4 Å². The van der Waals surface area contributed by atoms with Crippen LogP contribution in [0.2, 0.25) is 0 Å². The molecular weight excluding hydrogens is 511 g/mol. The number of halogens is 3. The molecule has 2 saturated carbocycles. The second-order valence-corrected chi connectivity index (χ2v) is 10.5. The fourth-order valence-corrected chi connectivity index (χ4v) is 5.64. The minimum atomic E-state index is -4.46. The third-order valence-electron chi connectivity index (χ3n) is 7.80. The van der Waals surface area contributed by atoms with Gasteiger partial charge in [0.05, 0.1) is 12.8 Å². The second kappa shape index (κ2) is 9.73. The van der Waals surface area contributed by atoms with Crippen molar-refractivity contribution < 1.29 is 17.9 Å². The van der Waals surface area contributed by atoms with Crippen LogP contribution in [0.4, 0.5) is 13.2 Å². The Hall–Kier alpha value is -3.83. The second-order valence-electron chi connectivity index (χ2n) is 10.5. The Kier molecular flexibility index (Phi) is 6.35. The van der Waals surface area contributed by atoms with Gasteiger partial charge >= 0.3 is 6.18 Å². The maximum absolute atomic E-state index is 13.1. The summed E-state index contributed by atoms with van der Waals surface area (Å²) in [7, 11) is 3.16. The summed E-state index contributed by atoms with van der Waals surface area (Å²) in [6.07, 6.45) is 4.79. The van der Waals surface area contributed by atoms with Crippen LogP contribution >= 0.6 is 0 Å². The van der Waals surface area contributed by atoms with E-state index >= 15 is 0 Å². The predicted molar refractivity (Wildman–Crippen MR) is 136 cm³/mol. The molecular formula is C27H28F3N7O2. The average Bonchev–Trinajstić information content (AvgIpc) is 3.70. The Labute approximate surface area is 222 Å². The van der Waals surface area contributed by atoms with Crippen molar-refractivity contribution in [1.29, 1.82) is 0 Å². The highest BCUT2D eigenvalue weighted by Crippen LogP contribution is 2.45. The maximum Gasteiger partial charge on any atom is 0.434 e. The first-order chi connectivity index (χ1) is 18.7. The van der Waals surface area contributed by atoms with Gasteiger partial charge in [-0.15, -0.1) is 0 Å². The zero-order valence-electron chi connectivity index (χ0n) is 21.6. The van der Waals surface area contributed by atoms with Crippen LogP contribution in [-0.4, -0.2) is 41.2 Å². The van der Waals surface area contributed by atoms with Gasteiger partial charge in [-0.2, -0.15) is 13.2 Å². The summed E-state index contributed by atoms with van der Waals surface area (Å²) in [6, 6.07) is 3.24. The SMILES string of the molecule is COc1ncnc(C2CC2)c1-c1ncc2ccc(=O)n(C[C@H]3CC[C@H](c4nc(C(F)(F)F)cn4C)CC3)c2n1. The molecule has 0 unspecified atom stereocenters. The standard InChI is InChI=1S/C27H28F3N7O2/c1-36-13-19(27(28,29)30)34-24(36)17-5-3-15(4-6-17)12-37-20(38)10-9-18-11-31-23(35-25(18)37)21-22(16-7-8-16)32-14-33-26(21)39-2/h9-11,13-17H,3-8,12H2,1-2H3/t15-,17-. The van der Waals surface area contributed by atoms with Crippen molar-refractivity contribution in [3.8, 4) is 17.3 Å². The van der Waals surface area contributed by atoms with Crippen molar-refractivity contribution in [2.45, 2.75) is 63.1 Å². The van der Waals surface area contributed by atoms with E-state index in [1.54, 1.807) is 31.0 Å². The first-order valence-electron chi connectivity index (χ1n) is 13.1. The summed E-state index contributed by atoms with van der Waals surface area (Å²) in [5, 5.41) is 0.739. The minimum Gasteiger partial charge on any atom is -0.480 e. The van der Waals surface area contributed by atoms with Crippen LogP contribution in [0.1, 0.15) is 67.6 Å². The lowest BCUT2D eigenvalue weighted by molar-refractivity contribution is -0.141. The van der Waals surface area contributed by atoms with Crippen molar-refractivity contribution in [1.82, 2.24) is 34.1 Å². The number of imidazole rings is 1. The number of nitrogens with zero attached hydrogens (tertiary/aromatic N) is 7. The number of hydrogen-bond donors (Lipinski definition) is 0. The highest BCUT2D eigenvalue weighted by molar-refractivity contribution is 5.77. The van der Waals surface area contributed by atoms with Crippen molar-refractivity contribution in [3.63, 3.8) is 0 Å². The monoisotopic (exact) mass is 539 g/mol. The fraction of sp³-hybridized carbons (Fsp3) is 0.481. The molecule has 0 bridgehead atoms. The Bertz CT molecular complexity index is 1580. The van der Waals surface area contributed by atoms with Gasteiger partial charge in [0.25, 0.3) is 5.56 Å². The number of fused-ring (bicyclic) bond motifs is 1. The smallest absolute Gasteiger partial charge is 0.434 e. The molecule has 39 heavy (non-hydrogen) atoms. The van der Waals surface area contributed by atoms with Crippen LogP contribution in [0.3, 0.4) is 0 Å². The first kappa shape index (κ1) is 25.4. The van der Waals surface area contributed by atoms with Crippen molar-refractivity contribution in [2.24, 2.45) is 13.0 Å². The lowest BCUT2D eigenvalue weighted by Crippen LogP contribution is -2.27. The molecule has 12 heteroatoms. The van der Waals surface area contributed by atoms with Gasteiger partial charge in [0, 0.05) is 49.3 Å². The molecule has 4 aromatic rings. The highest BCUT2D eigenvalue weighted by atomic mass is 19.4. The molecule has 0 N–H and O–H groups in total. The summed E-state index contributed by atoms with van der Waals surface area (Å²) >= 11 is 0. The van der Waals surface area contributed by atoms with Crippen molar-refractivity contribution in [3.05, 3.63) is 58.4 Å². The summed E-state index contributed by atoms with van der Waals surface area (Å²) in [5.74, 6) is 1.73. The van der Waals surface area contributed by atoms with Gasteiger partial charge in [-0.3, -0.25) is 9.36 Å². The van der Waals surface area contributed by atoms with Gasteiger partial charge in [0.2, 0.25) is 5.88 Å². The third kappa shape index (κ3) is 4.87. The molecule has 2 aliphatic carbocycles. The van der Waals surface area contributed by atoms with E-state index in [1.807, 2.05) is 0 Å². The van der Waals surface area contributed by atoms with E-state index in [2.05, 4.69) is 19.9 Å². The molecule has 0 aromatic carbocycles. The zero-order valence-corrected chi connectivity index (χ0v) is 21.6. The van der Waals surface area contributed by atoms with Crippen LogP contribution in [0.5, 0.6) is 5.88 Å². The molecule has 0 spiro atoms. The summed E-state index contributed by atoms with van der Waals surface area (Å²) in [5.41, 5.74) is 1.02. The van der Waals surface area contributed by atoms with Gasteiger partial charge in [0.1, 0.15) is 23.4 Å². The van der Waals surface area contributed by atoms with E-state index < -0.39 is 11.9 Å². The van der Waals surface area contributed by atoms with E-state index in [9.17, 15) is 18.0 Å². The molecule has 2 aliphatic rings. The number of alkyl halides is 3. The van der Waals surface area contributed by atoms with Crippen LogP contribution in [0.25, 0.3) is 22.4 Å². The number of methoxy groups -OCH3 is 1. The Morgan fingerprint density at radius 1 is 1.00 bits per heavy atom. The van der Waals surface area contributed by atoms with Crippen LogP contribution in [-0.2, 0) is 19.8 Å². The molecule has 6 rings (SSSR count). The van der Waals surface area contributed by atoms with Crippen LogP contribution in [0, 0.1) is 5.92 Å². The first-order valence-corrected chi connectivity index (χ1v) is 13.1. The predicted octanol–water partition coefficient (Wildman–Crippen LogP) is 4.86. The van der Waals surface area contributed by atoms with Crippen molar-refractivity contribution >= 4 is 11.0 Å². The van der Waals surface area contributed by atoms with E-state index in [4.69, 9.17) is 9.72 Å². The summed E-state index contributed by atoms with van der Waals surface area (Å²) in [4.78, 5) is 35.1. The topological polar surface area (TPSA) is 101 Å². The molecule has 2 fully saturated rings.